The molecule has 1 saturated heterocycles. The lowest BCUT2D eigenvalue weighted by Crippen LogP contribution is -2.28. The highest BCUT2D eigenvalue weighted by molar-refractivity contribution is 5.62. The molecule has 3 rings (SSSR count). The normalized spacial score (nSPS) is 23.3. The summed E-state index contributed by atoms with van der Waals surface area (Å²) in [5, 5.41) is 7.04. The summed E-state index contributed by atoms with van der Waals surface area (Å²) >= 11 is 0. The Labute approximate surface area is 157 Å². The minimum atomic E-state index is 0.403. The van der Waals surface area contributed by atoms with Crippen LogP contribution in [-0.4, -0.2) is 40.5 Å². The first-order valence-corrected chi connectivity index (χ1v) is 9.42. The van der Waals surface area contributed by atoms with E-state index in [2.05, 4.69) is 81.2 Å². The summed E-state index contributed by atoms with van der Waals surface area (Å²) in [6.07, 6.45) is 1.89. The fourth-order valence-electron chi connectivity index (χ4n) is 3.59. The molecule has 0 saturated carbocycles. The predicted octanol–water partition coefficient (Wildman–Crippen LogP) is 4.20. The predicted molar refractivity (Wildman–Crippen MR) is 109 cm³/mol. The van der Waals surface area contributed by atoms with Gasteiger partial charge in [-0.25, -0.2) is 4.98 Å². The maximum Gasteiger partial charge on any atom is 0.229 e. The number of nitrogens with one attached hydrogen (secondary N) is 2. The average Bonchev–Trinajstić information content (AvgIpc) is 2.85. The minimum Gasteiger partial charge on any atom is -0.365 e. The Hall–Kier alpha value is -2.14. The van der Waals surface area contributed by atoms with E-state index in [0.29, 0.717) is 23.9 Å². The third-order valence-corrected chi connectivity index (χ3v) is 6.17. The number of nitrogens with zero attached hydrogens (tertiary/aromatic N) is 3. The third kappa shape index (κ3) is 3.54. The van der Waals surface area contributed by atoms with E-state index in [0.717, 1.165) is 23.6 Å². The number of likely N-dealkylation sites (N-methyl/N-ethyl adjacent to an activating group) is 1. The Morgan fingerprint density at radius 2 is 1.77 bits per heavy atom. The van der Waals surface area contributed by atoms with Gasteiger partial charge in [0.1, 0.15) is 5.82 Å². The molecule has 1 aliphatic heterocycles. The number of benzene rings is 1. The van der Waals surface area contributed by atoms with E-state index in [1.807, 2.05) is 6.20 Å². The van der Waals surface area contributed by atoms with E-state index < -0.39 is 0 Å². The molecule has 3 unspecified atom stereocenters. The van der Waals surface area contributed by atoms with Gasteiger partial charge in [0.05, 0.1) is 0 Å². The van der Waals surface area contributed by atoms with Gasteiger partial charge in [0, 0.05) is 36.1 Å². The van der Waals surface area contributed by atoms with Gasteiger partial charge in [-0.1, -0.05) is 13.0 Å². The Bertz CT molecular complexity index is 801. The topological polar surface area (TPSA) is 53.1 Å². The SMILES string of the molecule is Cc1cnc(Nc2ccc(C)c(C)c2C)nc1NC1CN(C)C(C)C1C. The Balaban J connectivity index is 1.81. The van der Waals surface area contributed by atoms with E-state index in [-0.39, 0.29) is 0 Å². The molecule has 1 aromatic heterocycles. The van der Waals surface area contributed by atoms with E-state index in [9.17, 15) is 0 Å². The summed E-state index contributed by atoms with van der Waals surface area (Å²) in [4.78, 5) is 11.6. The molecule has 2 heterocycles. The van der Waals surface area contributed by atoms with Crippen LogP contribution in [0.25, 0.3) is 0 Å². The zero-order valence-corrected chi connectivity index (χ0v) is 17.0. The summed E-state index contributed by atoms with van der Waals surface area (Å²) in [5.41, 5.74) is 5.97. The second-order valence-corrected chi connectivity index (χ2v) is 7.82. The molecule has 1 aliphatic rings. The maximum absolute atomic E-state index is 4.76. The van der Waals surface area contributed by atoms with Crippen LogP contribution in [0.5, 0.6) is 0 Å². The number of rotatable bonds is 4. The Kier molecular flexibility index (Phi) is 5.19. The monoisotopic (exact) mass is 353 g/mol. The fourth-order valence-corrected chi connectivity index (χ4v) is 3.59. The van der Waals surface area contributed by atoms with Crippen LogP contribution in [0.3, 0.4) is 0 Å². The molecule has 3 atom stereocenters. The van der Waals surface area contributed by atoms with E-state index in [1.165, 1.54) is 16.7 Å². The third-order valence-electron chi connectivity index (χ3n) is 6.17. The molecule has 5 nitrogen and oxygen atoms in total. The molecule has 1 fully saturated rings. The van der Waals surface area contributed by atoms with Gasteiger partial charge in [0.25, 0.3) is 0 Å². The van der Waals surface area contributed by atoms with Crippen molar-refractivity contribution in [3.05, 3.63) is 40.6 Å². The molecule has 0 bridgehead atoms. The summed E-state index contributed by atoms with van der Waals surface area (Å²) in [7, 11) is 2.19. The van der Waals surface area contributed by atoms with Crippen LogP contribution in [-0.2, 0) is 0 Å². The van der Waals surface area contributed by atoms with Crippen LogP contribution in [0.1, 0.15) is 36.1 Å². The van der Waals surface area contributed by atoms with Gasteiger partial charge in [-0.15, -0.1) is 0 Å². The molecular formula is C21H31N5. The number of aryl methyl sites for hydroxylation is 2. The number of aromatic nitrogens is 2. The number of likely N-dealkylation sites (tertiary alicyclic amines) is 1. The molecule has 0 amide bonds. The first-order chi connectivity index (χ1) is 12.3. The lowest BCUT2D eigenvalue weighted by atomic mass is 10.00. The highest BCUT2D eigenvalue weighted by Gasteiger charge is 2.34. The molecule has 26 heavy (non-hydrogen) atoms. The second-order valence-electron chi connectivity index (χ2n) is 7.82. The van der Waals surface area contributed by atoms with Gasteiger partial charge in [-0.3, -0.25) is 0 Å². The molecule has 0 aliphatic carbocycles. The number of hydrogen-bond donors (Lipinski definition) is 2. The number of hydrogen-bond acceptors (Lipinski definition) is 5. The van der Waals surface area contributed by atoms with Crippen molar-refractivity contribution in [2.24, 2.45) is 5.92 Å². The van der Waals surface area contributed by atoms with Crippen molar-refractivity contribution < 1.29 is 0 Å². The van der Waals surface area contributed by atoms with Crippen molar-refractivity contribution in [2.45, 2.75) is 53.6 Å². The molecule has 1 aromatic carbocycles. The standard InChI is InChI=1S/C21H31N5/c1-12-8-9-18(15(4)14(12)3)24-21-22-10-13(2)20(25-21)23-19-11-26(7)17(6)16(19)5/h8-10,16-17,19H,11H2,1-7H3,(H2,22,23,24,25). The van der Waals surface area contributed by atoms with E-state index >= 15 is 0 Å². The van der Waals surface area contributed by atoms with Crippen LogP contribution in [0.2, 0.25) is 0 Å². The maximum atomic E-state index is 4.76. The molecule has 0 spiro atoms. The number of anilines is 3. The minimum absolute atomic E-state index is 0.403. The van der Waals surface area contributed by atoms with Crippen LogP contribution < -0.4 is 10.6 Å². The summed E-state index contributed by atoms with van der Waals surface area (Å²) < 4.78 is 0. The van der Waals surface area contributed by atoms with Gasteiger partial charge < -0.3 is 15.5 Å². The van der Waals surface area contributed by atoms with Gasteiger partial charge >= 0.3 is 0 Å². The van der Waals surface area contributed by atoms with Gasteiger partial charge in [-0.05, 0) is 70.3 Å². The quantitative estimate of drug-likeness (QED) is 0.862. The van der Waals surface area contributed by atoms with Gasteiger partial charge in [0.2, 0.25) is 5.95 Å². The Morgan fingerprint density at radius 3 is 2.42 bits per heavy atom. The Morgan fingerprint density at radius 1 is 1.04 bits per heavy atom. The van der Waals surface area contributed by atoms with Crippen LogP contribution >= 0.6 is 0 Å². The lowest BCUT2D eigenvalue weighted by Gasteiger charge is -2.20. The highest BCUT2D eigenvalue weighted by Crippen LogP contribution is 2.27. The largest absolute Gasteiger partial charge is 0.365 e. The molecule has 2 N–H and O–H groups in total. The van der Waals surface area contributed by atoms with Crippen LogP contribution in [0.4, 0.5) is 17.5 Å². The zero-order chi connectivity index (χ0) is 19.0. The van der Waals surface area contributed by atoms with Crippen molar-refractivity contribution in [2.75, 3.05) is 24.2 Å². The smallest absolute Gasteiger partial charge is 0.229 e. The lowest BCUT2D eigenvalue weighted by molar-refractivity contribution is 0.301. The van der Waals surface area contributed by atoms with Gasteiger partial charge in [0.15, 0.2) is 0 Å². The van der Waals surface area contributed by atoms with Crippen molar-refractivity contribution in [3.8, 4) is 0 Å². The average molecular weight is 354 g/mol. The fraction of sp³-hybridized carbons (Fsp3) is 0.524. The van der Waals surface area contributed by atoms with E-state index in [4.69, 9.17) is 4.98 Å². The molecule has 2 aromatic rings. The van der Waals surface area contributed by atoms with Crippen molar-refractivity contribution in [3.63, 3.8) is 0 Å². The molecule has 5 heteroatoms. The first kappa shape index (κ1) is 18.6. The summed E-state index contributed by atoms with van der Waals surface area (Å²) in [6.45, 7) is 14.1. The summed E-state index contributed by atoms with van der Waals surface area (Å²) in [5.74, 6) is 2.13. The first-order valence-electron chi connectivity index (χ1n) is 9.42. The zero-order valence-electron chi connectivity index (χ0n) is 17.0. The second kappa shape index (κ2) is 7.23. The van der Waals surface area contributed by atoms with E-state index in [1.54, 1.807) is 0 Å². The molecule has 0 radical (unpaired) electrons. The molecular weight excluding hydrogens is 322 g/mol. The van der Waals surface area contributed by atoms with Crippen molar-refractivity contribution in [1.82, 2.24) is 14.9 Å². The highest BCUT2D eigenvalue weighted by atomic mass is 15.2. The van der Waals surface area contributed by atoms with Crippen LogP contribution in [0.15, 0.2) is 18.3 Å². The summed E-state index contributed by atoms with van der Waals surface area (Å²) in [6, 6.07) is 5.21. The van der Waals surface area contributed by atoms with Crippen LogP contribution in [0, 0.1) is 33.6 Å². The molecule has 140 valence electrons. The van der Waals surface area contributed by atoms with Crippen molar-refractivity contribution in [1.29, 1.82) is 0 Å². The van der Waals surface area contributed by atoms with Crippen molar-refractivity contribution >= 4 is 17.5 Å². The van der Waals surface area contributed by atoms with Gasteiger partial charge in [-0.2, -0.15) is 4.98 Å².